The van der Waals surface area contributed by atoms with Crippen molar-refractivity contribution in [1.82, 2.24) is 0 Å². The molecule has 0 spiro atoms. The minimum atomic E-state index is -1.46. The van der Waals surface area contributed by atoms with Crippen molar-refractivity contribution in [1.29, 1.82) is 0 Å². The molecule has 2 nitrogen and oxygen atoms in total. The number of rotatable bonds is 3. The van der Waals surface area contributed by atoms with Crippen molar-refractivity contribution in [3.05, 3.63) is 35.1 Å². The van der Waals surface area contributed by atoms with Crippen LogP contribution in [-0.4, -0.2) is 13.2 Å². The average Bonchev–Trinajstić information content (AvgIpc) is 2.59. The molecule has 0 bridgehead atoms. The van der Waals surface area contributed by atoms with Gasteiger partial charge in [0.05, 0.1) is 13.2 Å². The fraction of sp³-hybridized carbons (Fsp3) is 0.667. The molecule has 2 aliphatic rings. The number of hydrogen-bond donors (Lipinski definition) is 0. The van der Waals surface area contributed by atoms with E-state index < -0.39 is 23.7 Å². The molecule has 0 unspecified atom stereocenters. The lowest BCUT2D eigenvalue weighted by Gasteiger charge is -2.37. The van der Waals surface area contributed by atoms with Crippen LogP contribution < -0.4 is 0 Å². The molecule has 1 aliphatic heterocycles. The van der Waals surface area contributed by atoms with Gasteiger partial charge in [0.1, 0.15) is 0 Å². The normalized spacial score (nSPS) is 32.0. The van der Waals surface area contributed by atoms with E-state index in [1.165, 1.54) is 32.1 Å². The Morgan fingerprint density at radius 3 is 2.00 bits per heavy atom. The molecule has 0 N–H and O–H groups in total. The van der Waals surface area contributed by atoms with Gasteiger partial charge in [-0.25, -0.2) is 13.2 Å². The molecule has 2 fully saturated rings. The number of halogens is 3. The predicted octanol–water partition coefficient (Wildman–Crippen LogP) is 4.98. The molecule has 1 aromatic rings. The lowest BCUT2D eigenvalue weighted by molar-refractivity contribution is -0.215. The fourth-order valence-electron chi connectivity index (χ4n) is 3.76. The Morgan fingerprint density at radius 2 is 1.48 bits per heavy atom. The van der Waals surface area contributed by atoms with Gasteiger partial charge < -0.3 is 9.47 Å². The van der Waals surface area contributed by atoms with Crippen molar-refractivity contribution < 1.29 is 22.6 Å². The van der Waals surface area contributed by atoms with Gasteiger partial charge in [0, 0.05) is 11.5 Å². The van der Waals surface area contributed by atoms with Gasteiger partial charge in [0.15, 0.2) is 23.7 Å². The molecular weight excluding hydrogens is 305 g/mol. The van der Waals surface area contributed by atoms with E-state index in [-0.39, 0.29) is 5.56 Å². The zero-order valence-electron chi connectivity index (χ0n) is 13.4. The summed E-state index contributed by atoms with van der Waals surface area (Å²) in [5.74, 6) is -2.12. The van der Waals surface area contributed by atoms with Gasteiger partial charge in [-0.3, -0.25) is 0 Å². The minimum Gasteiger partial charge on any atom is -0.348 e. The van der Waals surface area contributed by atoms with E-state index >= 15 is 0 Å². The molecular formula is C18H23F3O2. The third-order valence-corrected chi connectivity index (χ3v) is 5.34. The Morgan fingerprint density at radius 1 is 0.913 bits per heavy atom. The number of benzene rings is 1. The number of hydrogen-bond acceptors (Lipinski definition) is 2. The van der Waals surface area contributed by atoms with Crippen LogP contribution in [0.4, 0.5) is 13.2 Å². The minimum absolute atomic E-state index is 0.189. The summed E-state index contributed by atoms with van der Waals surface area (Å²) in [4.78, 5) is 0. The SMILES string of the molecule is CCC1CCC(C2COC(c3cc(F)c(F)c(F)c3)OC2)CC1. The molecule has 3 rings (SSSR count). The van der Waals surface area contributed by atoms with Gasteiger partial charge in [-0.15, -0.1) is 0 Å². The van der Waals surface area contributed by atoms with Crippen molar-refractivity contribution >= 4 is 0 Å². The molecule has 128 valence electrons. The summed E-state index contributed by atoms with van der Waals surface area (Å²) in [5, 5.41) is 0. The highest BCUT2D eigenvalue weighted by Crippen LogP contribution is 2.38. The van der Waals surface area contributed by atoms with Crippen molar-refractivity contribution in [2.75, 3.05) is 13.2 Å². The maximum absolute atomic E-state index is 13.3. The molecule has 1 aromatic carbocycles. The van der Waals surface area contributed by atoms with Gasteiger partial charge in [0.2, 0.25) is 0 Å². The highest BCUT2D eigenvalue weighted by molar-refractivity contribution is 5.20. The zero-order valence-corrected chi connectivity index (χ0v) is 13.4. The molecule has 0 aromatic heterocycles. The molecule has 0 amide bonds. The summed E-state index contributed by atoms with van der Waals surface area (Å²) >= 11 is 0. The van der Waals surface area contributed by atoms with Crippen LogP contribution in [0.5, 0.6) is 0 Å². The summed E-state index contributed by atoms with van der Waals surface area (Å²) in [6.45, 7) is 3.28. The smallest absolute Gasteiger partial charge is 0.194 e. The first-order valence-electron chi connectivity index (χ1n) is 8.46. The van der Waals surface area contributed by atoms with E-state index in [2.05, 4.69) is 6.92 Å². The fourth-order valence-corrected chi connectivity index (χ4v) is 3.76. The maximum atomic E-state index is 13.3. The molecule has 1 saturated carbocycles. The first-order chi connectivity index (χ1) is 11.1. The monoisotopic (exact) mass is 328 g/mol. The third-order valence-electron chi connectivity index (χ3n) is 5.34. The summed E-state index contributed by atoms with van der Waals surface area (Å²) in [7, 11) is 0. The van der Waals surface area contributed by atoms with Gasteiger partial charge in [-0.2, -0.15) is 0 Å². The Bertz CT molecular complexity index is 510. The van der Waals surface area contributed by atoms with E-state index in [0.29, 0.717) is 25.0 Å². The van der Waals surface area contributed by atoms with Crippen LogP contribution >= 0.6 is 0 Å². The van der Waals surface area contributed by atoms with Crippen LogP contribution in [0.1, 0.15) is 50.9 Å². The van der Waals surface area contributed by atoms with Crippen LogP contribution in [0.15, 0.2) is 12.1 Å². The Labute approximate surface area is 135 Å². The first-order valence-corrected chi connectivity index (χ1v) is 8.46. The van der Waals surface area contributed by atoms with Crippen molar-refractivity contribution in [3.63, 3.8) is 0 Å². The topological polar surface area (TPSA) is 18.5 Å². The van der Waals surface area contributed by atoms with Crippen molar-refractivity contribution in [2.45, 2.75) is 45.3 Å². The number of ether oxygens (including phenoxy) is 2. The Hall–Kier alpha value is -1.07. The average molecular weight is 328 g/mol. The lowest BCUT2D eigenvalue weighted by atomic mass is 9.75. The predicted molar refractivity (Wildman–Crippen MR) is 80.2 cm³/mol. The molecule has 1 aliphatic carbocycles. The van der Waals surface area contributed by atoms with E-state index in [1.807, 2.05) is 0 Å². The summed E-state index contributed by atoms with van der Waals surface area (Å²) in [6, 6.07) is 1.88. The van der Waals surface area contributed by atoms with E-state index in [1.54, 1.807) is 0 Å². The van der Waals surface area contributed by atoms with Crippen molar-refractivity contribution in [3.8, 4) is 0 Å². The molecule has 1 saturated heterocycles. The highest BCUT2D eigenvalue weighted by atomic mass is 19.2. The largest absolute Gasteiger partial charge is 0.348 e. The maximum Gasteiger partial charge on any atom is 0.194 e. The highest BCUT2D eigenvalue weighted by Gasteiger charge is 2.32. The molecule has 0 radical (unpaired) electrons. The van der Waals surface area contributed by atoms with Crippen LogP contribution in [0.2, 0.25) is 0 Å². The molecule has 23 heavy (non-hydrogen) atoms. The molecule has 5 heteroatoms. The lowest BCUT2D eigenvalue weighted by Crippen LogP contribution is -2.34. The standard InChI is InChI=1S/C18H23F3O2/c1-2-11-3-5-12(6-4-11)14-9-22-18(23-10-14)13-7-15(19)17(21)16(20)8-13/h7-8,11-12,14,18H,2-6,9-10H2,1H3. The van der Waals surface area contributed by atoms with E-state index in [4.69, 9.17) is 9.47 Å². The van der Waals surface area contributed by atoms with Gasteiger partial charge in [0.25, 0.3) is 0 Å². The van der Waals surface area contributed by atoms with Crippen LogP contribution in [0.3, 0.4) is 0 Å². The van der Waals surface area contributed by atoms with Gasteiger partial charge in [-0.1, -0.05) is 26.2 Å². The quantitative estimate of drug-likeness (QED) is 0.728. The van der Waals surface area contributed by atoms with Gasteiger partial charge >= 0.3 is 0 Å². The molecule has 0 atom stereocenters. The van der Waals surface area contributed by atoms with Crippen LogP contribution in [-0.2, 0) is 9.47 Å². The van der Waals surface area contributed by atoms with Crippen molar-refractivity contribution in [2.24, 2.45) is 17.8 Å². The molecule has 1 heterocycles. The van der Waals surface area contributed by atoms with Crippen LogP contribution in [0.25, 0.3) is 0 Å². The third kappa shape index (κ3) is 3.72. The Balaban J connectivity index is 1.56. The van der Waals surface area contributed by atoms with E-state index in [9.17, 15) is 13.2 Å². The summed E-state index contributed by atoms with van der Waals surface area (Å²) < 4.78 is 50.9. The zero-order chi connectivity index (χ0) is 16.4. The van der Waals surface area contributed by atoms with Crippen LogP contribution in [0, 0.1) is 35.2 Å². The second-order valence-corrected chi connectivity index (χ2v) is 6.75. The van der Waals surface area contributed by atoms with E-state index in [0.717, 1.165) is 18.1 Å². The summed E-state index contributed by atoms with van der Waals surface area (Å²) in [5.41, 5.74) is 0.189. The Kier molecular flexibility index (Phi) is 5.27. The summed E-state index contributed by atoms with van der Waals surface area (Å²) in [6.07, 6.45) is 5.34. The second-order valence-electron chi connectivity index (χ2n) is 6.75. The second kappa shape index (κ2) is 7.22. The first kappa shape index (κ1) is 16.8. The van der Waals surface area contributed by atoms with Gasteiger partial charge in [-0.05, 0) is 36.8 Å².